The first kappa shape index (κ1) is 9.30. The van der Waals surface area contributed by atoms with E-state index >= 15 is 0 Å². The Kier molecular flexibility index (Phi) is 4.50. The molecule has 2 heteroatoms. The molecule has 1 rings (SSSR count). The molecule has 0 fully saturated rings. The summed E-state index contributed by atoms with van der Waals surface area (Å²) in [6.45, 7) is 3.41. The van der Waals surface area contributed by atoms with Gasteiger partial charge in [0, 0.05) is 0 Å². The molecule has 0 aliphatic heterocycles. The number of hydrogen-bond acceptors (Lipinski definition) is 0. The Bertz CT molecular complexity index is 180. The normalized spacial score (nSPS) is 10.4. The van der Waals surface area contributed by atoms with E-state index in [1.165, 1.54) is 32.1 Å². The molecule has 0 amide bonds. The predicted molar refractivity (Wildman–Crippen MR) is 49.7 cm³/mol. The zero-order chi connectivity index (χ0) is 8.65. The summed E-state index contributed by atoms with van der Waals surface area (Å²) in [5.74, 6) is 0. The number of H-pyrrole nitrogens is 1. The highest BCUT2D eigenvalue weighted by atomic mass is 15.0. The minimum Gasteiger partial charge on any atom is -0.250 e. The van der Waals surface area contributed by atoms with Gasteiger partial charge in [0.2, 0.25) is 6.33 Å². The molecule has 2 nitrogen and oxygen atoms in total. The van der Waals surface area contributed by atoms with Crippen molar-refractivity contribution >= 4 is 0 Å². The smallest absolute Gasteiger partial charge is 0.241 e. The third-order valence-electron chi connectivity index (χ3n) is 2.12. The Hall–Kier alpha value is -0.790. The summed E-state index contributed by atoms with van der Waals surface area (Å²) in [6, 6.07) is 0. The Morgan fingerprint density at radius 3 is 2.67 bits per heavy atom. The number of hydrogen-bond donors (Lipinski definition) is 1. The van der Waals surface area contributed by atoms with Gasteiger partial charge in [0.15, 0.2) is 0 Å². The summed E-state index contributed by atoms with van der Waals surface area (Å²) in [7, 11) is 0. The third-order valence-corrected chi connectivity index (χ3v) is 2.12. The van der Waals surface area contributed by atoms with E-state index in [-0.39, 0.29) is 0 Å². The largest absolute Gasteiger partial charge is 0.250 e. The SMILES string of the molecule is CCCCCCC[n+]1cc[nH]c1. The number of aromatic nitrogens is 2. The Morgan fingerprint density at radius 2 is 2.00 bits per heavy atom. The molecule has 0 saturated heterocycles. The van der Waals surface area contributed by atoms with Gasteiger partial charge in [-0.05, 0) is 12.8 Å². The molecule has 1 aromatic rings. The summed E-state index contributed by atoms with van der Waals surface area (Å²) in [6.07, 6.45) is 12.8. The number of aromatic amines is 1. The average molecular weight is 167 g/mol. The number of nitrogens with zero attached hydrogens (tertiary/aromatic N) is 1. The topological polar surface area (TPSA) is 19.7 Å². The van der Waals surface area contributed by atoms with Crippen molar-refractivity contribution in [2.24, 2.45) is 0 Å². The molecule has 0 bridgehead atoms. The molecule has 0 spiro atoms. The van der Waals surface area contributed by atoms with Crippen LogP contribution in [-0.2, 0) is 6.54 Å². The van der Waals surface area contributed by atoms with Crippen LogP contribution in [0, 0.1) is 0 Å². The van der Waals surface area contributed by atoms with Crippen molar-refractivity contribution in [3.8, 4) is 0 Å². The zero-order valence-corrected chi connectivity index (χ0v) is 7.92. The van der Waals surface area contributed by atoms with Crippen LogP contribution in [0.4, 0.5) is 0 Å². The van der Waals surface area contributed by atoms with Crippen molar-refractivity contribution in [2.75, 3.05) is 0 Å². The lowest BCUT2D eigenvalue weighted by atomic mass is 10.1. The third kappa shape index (κ3) is 3.56. The highest BCUT2D eigenvalue weighted by molar-refractivity contribution is 4.55. The molecule has 0 aliphatic carbocycles. The highest BCUT2D eigenvalue weighted by Gasteiger charge is 1.95. The van der Waals surface area contributed by atoms with Crippen LogP contribution in [0.25, 0.3) is 0 Å². The van der Waals surface area contributed by atoms with Gasteiger partial charge in [-0.15, -0.1) is 0 Å². The zero-order valence-electron chi connectivity index (χ0n) is 7.92. The van der Waals surface area contributed by atoms with Crippen molar-refractivity contribution < 1.29 is 4.57 Å². The van der Waals surface area contributed by atoms with Gasteiger partial charge in [-0.1, -0.05) is 26.2 Å². The molecule has 1 N–H and O–H groups in total. The summed E-state index contributed by atoms with van der Waals surface area (Å²) < 4.78 is 2.20. The molecule has 0 unspecified atom stereocenters. The molecule has 12 heavy (non-hydrogen) atoms. The van der Waals surface area contributed by atoms with Crippen LogP contribution in [0.1, 0.15) is 39.0 Å². The van der Waals surface area contributed by atoms with E-state index in [9.17, 15) is 0 Å². The van der Waals surface area contributed by atoms with E-state index in [4.69, 9.17) is 0 Å². The molecule has 0 radical (unpaired) electrons. The summed E-state index contributed by atoms with van der Waals surface area (Å²) >= 11 is 0. The average Bonchev–Trinajstić information content (AvgIpc) is 2.57. The first-order valence-electron chi connectivity index (χ1n) is 4.95. The number of rotatable bonds is 6. The molecule has 1 heterocycles. The fourth-order valence-corrected chi connectivity index (χ4v) is 1.36. The maximum atomic E-state index is 3.04. The first-order valence-corrected chi connectivity index (χ1v) is 4.95. The molecule has 0 aromatic carbocycles. The molecular formula is C10H19N2+. The van der Waals surface area contributed by atoms with Gasteiger partial charge >= 0.3 is 0 Å². The van der Waals surface area contributed by atoms with Gasteiger partial charge in [-0.2, -0.15) is 0 Å². The van der Waals surface area contributed by atoms with E-state index in [1.54, 1.807) is 0 Å². The van der Waals surface area contributed by atoms with Gasteiger partial charge < -0.3 is 0 Å². The van der Waals surface area contributed by atoms with Gasteiger partial charge in [-0.3, -0.25) is 4.98 Å². The molecular weight excluding hydrogens is 148 g/mol. The van der Waals surface area contributed by atoms with Crippen LogP contribution >= 0.6 is 0 Å². The minimum absolute atomic E-state index is 1.16. The Morgan fingerprint density at radius 1 is 1.17 bits per heavy atom. The van der Waals surface area contributed by atoms with Gasteiger partial charge in [-0.25, -0.2) is 4.57 Å². The predicted octanol–water partition coefficient (Wildman–Crippen LogP) is 2.27. The van der Waals surface area contributed by atoms with Crippen LogP contribution < -0.4 is 4.57 Å². The lowest BCUT2D eigenvalue weighted by Gasteiger charge is -1.96. The van der Waals surface area contributed by atoms with E-state index in [2.05, 4.69) is 22.7 Å². The maximum Gasteiger partial charge on any atom is 0.241 e. The second kappa shape index (κ2) is 5.81. The van der Waals surface area contributed by atoms with E-state index in [0.29, 0.717) is 0 Å². The van der Waals surface area contributed by atoms with E-state index in [1.807, 2.05) is 12.5 Å². The maximum absolute atomic E-state index is 3.04. The standard InChI is InChI=1S/C10H18N2/c1-2-3-4-5-6-8-12-9-7-11-10-12/h7,9-10H,2-6,8H2,1H3/p+1. The molecule has 0 saturated carbocycles. The lowest BCUT2D eigenvalue weighted by molar-refractivity contribution is -0.696. The first-order chi connectivity index (χ1) is 5.93. The van der Waals surface area contributed by atoms with Crippen molar-refractivity contribution in [3.05, 3.63) is 18.7 Å². The second-order valence-electron chi connectivity index (χ2n) is 3.26. The Balaban J connectivity index is 1.96. The van der Waals surface area contributed by atoms with E-state index < -0.39 is 0 Å². The quantitative estimate of drug-likeness (QED) is 0.495. The lowest BCUT2D eigenvalue weighted by Crippen LogP contribution is -2.30. The number of aryl methyl sites for hydroxylation is 1. The number of unbranched alkanes of at least 4 members (excludes halogenated alkanes) is 4. The fraction of sp³-hybridized carbons (Fsp3) is 0.700. The molecule has 0 aliphatic rings. The van der Waals surface area contributed by atoms with Crippen LogP contribution in [0.2, 0.25) is 0 Å². The summed E-state index contributed by atoms with van der Waals surface area (Å²) in [5, 5.41) is 0. The van der Waals surface area contributed by atoms with Gasteiger partial charge in [0.05, 0.1) is 6.54 Å². The van der Waals surface area contributed by atoms with Crippen molar-refractivity contribution in [1.82, 2.24) is 4.98 Å². The second-order valence-corrected chi connectivity index (χ2v) is 3.26. The summed E-state index contributed by atoms with van der Waals surface area (Å²) in [4.78, 5) is 3.04. The van der Waals surface area contributed by atoms with Gasteiger partial charge in [0.1, 0.15) is 12.4 Å². The molecule has 1 aromatic heterocycles. The van der Waals surface area contributed by atoms with Crippen molar-refractivity contribution in [1.29, 1.82) is 0 Å². The van der Waals surface area contributed by atoms with Crippen LogP contribution in [0.5, 0.6) is 0 Å². The number of imidazole rings is 1. The van der Waals surface area contributed by atoms with Gasteiger partial charge in [0.25, 0.3) is 0 Å². The van der Waals surface area contributed by atoms with E-state index in [0.717, 1.165) is 6.54 Å². The number of nitrogens with one attached hydrogen (secondary N) is 1. The monoisotopic (exact) mass is 167 g/mol. The molecule has 0 atom stereocenters. The van der Waals surface area contributed by atoms with Crippen LogP contribution in [0.15, 0.2) is 18.7 Å². The fourth-order valence-electron chi connectivity index (χ4n) is 1.36. The van der Waals surface area contributed by atoms with Crippen molar-refractivity contribution in [2.45, 2.75) is 45.6 Å². The highest BCUT2D eigenvalue weighted by Crippen LogP contribution is 2.01. The van der Waals surface area contributed by atoms with Crippen LogP contribution in [-0.4, -0.2) is 4.98 Å². The Labute approximate surface area is 74.6 Å². The summed E-state index contributed by atoms with van der Waals surface area (Å²) in [5.41, 5.74) is 0. The molecule has 68 valence electrons. The van der Waals surface area contributed by atoms with Crippen LogP contribution in [0.3, 0.4) is 0 Å². The minimum atomic E-state index is 1.16. The van der Waals surface area contributed by atoms with Crippen molar-refractivity contribution in [3.63, 3.8) is 0 Å².